The first-order valence-electron chi connectivity index (χ1n) is 12.1. The topological polar surface area (TPSA) is 84.5 Å². The molecular formula is C33H24N2O4. The highest BCUT2D eigenvalue weighted by Gasteiger charge is 2.15. The van der Waals surface area contributed by atoms with Crippen LogP contribution in [-0.2, 0) is 0 Å². The predicted octanol–water partition coefficient (Wildman–Crippen LogP) is 4.42. The molecule has 0 aliphatic rings. The lowest BCUT2D eigenvalue weighted by atomic mass is 10.1. The SMILES string of the molecule is CNC(=O)c1cc(OC(=O)c2ccc(C#Cc3ccc(C#Cc4ccccc4)cc3)cc2)cc(C(=O)NC)c1. The molecule has 0 aromatic heterocycles. The highest BCUT2D eigenvalue weighted by atomic mass is 16.5. The van der Waals surface area contributed by atoms with Gasteiger partial charge in [0, 0.05) is 47.5 Å². The number of amides is 2. The van der Waals surface area contributed by atoms with Crippen molar-refractivity contribution in [2.75, 3.05) is 14.1 Å². The van der Waals surface area contributed by atoms with Gasteiger partial charge < -0.3 is 15.4 Å². The molecule has 190 valence electrons. The molecule has 4 aromatic rings. The van der Waals surface area contributed by atoms with Gasteiger partial charge in [0.05, 0.1) is 5.56 Å². The second-order valence-corrected chi connectivity index (χ2v) is 8.31. The van der Waals surface area contributed by atoms with Crippen LogP contribution < -0.4 is 15.4 Å². The number of nitrogens with one attached hydrogen (secondary N) is 2. The second kappa shape index (κ2) is 12.6. The molecule has 0 aliphatic heterocycles. The van der Waals surface area contributed by atoms with Crippen LogP contribution in [0.5, 0.6) is 5.75 Å². The normalized spacial score (nSPS) is 9.69. The molecule has 0 saturated heterocycles. The summed E-state index contributed by atoms with van der Waals surface area (Å²) in [5.74, 6) is 11.1. The molecule has 0 unspecified atom stereocenters. The van der Waals surface area contributed by atoms with Crippen LogP contribution in [-0.4, -0.2) is 31.9 Å². The molecule has 2 N–H and O–H groups in total. The minimum Gasteiger partial charge on any atom is -0.423 e. The lowest BCUT2D eigenvalue weighted by Gasteiger charge is -2.09. The number of carbonyl (C=O) groups excluding carboxylic acids is 3. The average molecular weight is 513 g/mol. The van der Waals surface area contributed by atoms with Gasteiger partial charge in [0.25, 0.3) is 11.8 Å². The molecular weight excluding hydrogens is 488 g/mol. The Bertz CT molecular complexity index is 1600. The van der Waals surface area contributed by atoms with Crippen molar-refractivity contribution < 1.29 is 19.1 Å². The highest BCUT2D eigenvalue weighted by Crippen LogP contribution is 2.19. The van der Waals surface area contributed by atoms with Gasteiger partial charge in [0.15, 0.2) is 0 Å². The van der Waals surface area contributed by atoms with E-state index in [1.54, 1.807) is 24.3 Å². The number of carbonyl (C=O) groups is 3. The van der Waals surface area contributed by atoms with Crippen molar-refractivity contribution in [3.8, 4) is 29.4 Å². The summed E-state index contributed by atoms with van der Waals surface area (Å²) in [6.45, 7) is 0. The van der Waals surface area contributed by atoms with Crippen molar-refractivity contribution in [2.24, 2.45) is 0 Å². The molecule has 0 atom stereocenters. The monoisotopic (exact) mass is 512 g/mol. The molecule has 0 aliphatic carbocycles. The molecule has 39 heavy (non-hydrogen) atoms. The third-order valence-corrected chi connectivity index (χ3v) is 5.58. The fraction of sp³-hybridized carbons (Fsp3) is 0.0606. The van der Waals surface area contributed by atoms with E-state index in [0.717, 1.165) is 22.3 Å². The van der Waals surface area contributed by atoms with Crippen molar-refractivity contribution in [1.29, 1.82) is 0 Å². The summed E-state index contributed by atoms with van der Waals surface area (Å²) in [6, 6.07) is 28.4. The summed E-state index contributed by atoms with van der Waals surface area (Å²) in [5.41, 5.74) is 4.12. The number of hydrogen-bond donors (Lipinski definition) is 2. The van der Waals surface area contributed by atoms with E-state index in [4.69, 9.17) is 4.74 Å². The molecule has 0 spiro atoms. The number of ether oxygens (including phenoxy) is 1. The zero-order valence-corrected chi connectivity index (χ0v) is 21.4. The minimum atomic E-state index is -0.626. The van der Waals surface area contributed by atoms with Crippen LogP contribution in [0.25, 0.3) is 0 Å². The molecule has 0 bridgehead atoms. The Labute approximate surface area is 227 Å². The first-order valence-corrected chi connectivity index (χ1v) is 12.1. The van der Waals surface area contributed by atoms with E-state index in [1.165, 1.54) is 32.3 Å². The van der Waals surface area contributed by atoms with Gasteiger partial charge in [-0.2, -0.15) is 0 Å². The molecule has 4 rings (SSSR count). The van der Waals surface area contributed by atoms with Crippen LogP contribution in [0.2, 0.25) is 0 Å². The summed E-state index contributed by atoms with van der Waals surface area (Å²) in [7, 11) is 2.95. The minimum absolute atomic E-state index is 0.0838. The maximum atomic E-state index is 12.7. The lowest BCUT2D eigenvalue weighted by molar-refractivity contribution is 0.0732. The van der Waals surface area contributed by atoms with Crippen LogP contribution in [0.3, 0.4) is 0 Å². The molecule has 6 heteroatoms. The third kappa shape index (κ3) is 7.22. The molecule has 2 amide bonds. The van der Waals surface area contributed by atoms with E-state index in [2.05, 4.69) is 34.3 Å². The van der Waals surface area contributed by atoms with Crippen LogP contribution in [0.4, 0.5) is 0 Å². The zero-order valence-electron chi connectivity index (χ0n) is 21.4. The lowest BCUT2D eigenvalue weighted by Crippen LogP contribution is -2.21. The van der Waals surface area contributed by atoms with Crippen molar-refractivity contribution in [2.45, 2.75) is 0 Å². The fourth-order valence-corrected chi connectivity index (χ4v) is 3.51. The molecule has 4 aromatic carbocycles. The maximum absolute atomic E-state index is 12.7. The van der Waals surface area contributed by atoms with Crippen molar-refractivity contribution in [1.82, 2.24) is 10.6 Å². The number of hydrogen-bond acceptors (Lipinski definition) is 4. The van der Waals surface area contributed by atoms with Crippen molar-refractivity contribution in [3.63, 3.8) is 0 Å². The van der Waals surface area contributed by atoms with Gasteiger partial charge in [-0.25, -0.2) is 4.79 Å². The summed E-state index contributed by atoms with van der Waals surface area (Å²) < 4.78 is 5.45. The Kier molecular flexibility index (Phi) is 8.54. The zero-order chi connectivity index (χ0) is 27.6. The third-order valence-electron chi connectivity index (χ3n) is 5.58. The molecule has 6 nitrogen and oxygen atoms in total. The maximum Gasteiger partial charge on any atom is 0.343 e. The highest BCUT2D eigenvalue weighted by molar-refractivity contribution is 6.00. The summed E-state index contributed by atoms with van der Waals surface area (Å²) in [4.78, 5) is 36.9. The van der Waals surface area contributed by atoms with Gasteiger partial charge in [0.2, 0.25) is 0 Å². The van der Waals surface area contributed by atoms with Crippen molar-refractivity contribution >= 4 is 17.8 Å². The molecule has 0 radical (unpaired) electrons. The summed E-state index contributed by atoms with van der Waals surface area (Å²) in [5, 5.41) is 4.98. The Morgan fingerprint density at radius 1 is 0.538 bits per heavy atom. The van der Waals surface area contributed by atoms with E-state index in [0.29, 0.717) is 5.56 Å². The smallest absolute Gasteiger partial charge is 0.343 e. The standard InChI is InChI=1S/C33H24N2O4/c1-34-31(36)28-20-29(32(37)35-2)22-30(21-28)39-33(38)27-18-16-26(17-19-27)15-14-25-12-10-24(11-13-25)9-8-23-6-4-3-5-7-23/h3-7,10-13,16-22H,1-2H3,(H,34,36)(H,35,37). The average Bonchev–Trinajstić information content (AvgIpc) is 2.99. The van der Waals surface area contributed by atoms with E-state index in [1.807, 2.05) is 54.6 Å². The predicted molar refractivity (Wildman–Crippen MR) is 149 cm³/mol. The molecule has 0 heterocycles. The van der Waals surface area contributed by atoms with Gasteiger partial charge in [0.1, 0.15) is 5.75 Å². The summed E-state index contributed by atoms with van der Waals surface area (Å²) in [6.07, 6.45) is 0. The van der Waals surface area contributed by atoms with Gasteiger partial charge in [-0.15, -0.1) is 0 Å². The van der Waals surface area contributed by atoms with Crippen LogP contribution in [0.15, 0.2) is 97.1 Å². The van der Waals surface area contributed by atoms with Crippen molar-refractivity contribution in [3.05, 3.63) is 136 Å². The van der Waals surface area contributed by atoms with E-state index < -0.39 is 17.8 Å². The number of rotatable bonds is 4. The van der Waals surface area contributed by atoms with E-state index in [-0.39, 0.29) is 16.9 Å². The van der Waals surface area contributed by atoms with Crippen LogP contribution in [0.1, 0.15) is 53.3 Å². The number of benzene rings is 4. The van der Waals surface area contributed by atoms with Gasteiger partial charge in [-0.1, -0.05) is 41.9 Å². The van der Waals surface area contributed by atoms with Gasteiger partial charge >= 0.3 is 5.97 Å². The Morgan fingerprint density at radius 2 is 0.949 bits per heavy atom. The Balaban J connectivity index is 1.43. The van der Waals surface area contributed by atoms with Gasteiger partial charge in [-0.05, 0) is 78.9 Å². The van der Waals surface area contributed by atoms with E-state index in [9.17, 15) is 14.4 Å². The Morgan fingerprint density at radius 3 is 1.38 bits per heavy atom. The van der Waals surface area contributed by atoms with Crippen LogP contribution >= 0.6 is 0 Å². The quantitative estimate of drug-likeness (QED) is 0.241. The van der Waals surface area contributed by atoms with Gasteiger partial charge in [-0.3, -0.25) is 9.59 Å². The second-order valence-electron chi connectivity index (χ2n) is 8.31. The Hall–Kier alpha value is -5.59. The summed E-state index contributed by atoms with van der Waals surface area (Å²) >= 11 is 0. The number of esters is 1. The molecule has 0 fully saturated rings. The fourth-order valence-electron chi connectivity index (χ4n) is 3.51. The van der Waals surface area contributed by atoms with E-state index >= 15 is 0 Å². The largest absolute Gasteiger partial charge is 0.423 e. The molecule has 0 saturated carbocycles. The first kappa shape index (κ1) is 26.5. The van der Waals surface area contributed by atoms with Crippen LogP contribution in [0, 0.1) is 23.7 Å². The first-order chi connectivity index (χ1) is 18.9.